The Kier molecular flexibility index (Phi) is 2.58. The van der Waals surface area contributed by atoms with Crippen molar-refractivity contribution in [2.75, 3.05) is 20.1 Å². The highest BCUT2D eigenvalue weighted by molar-refractivity contribution is 5.81. The zero-order chi connectivity index (χ0) is 12.0. The molecule has 2 N–H and O–H groups in total. The van der Waals surface area contributed by atoms with Gasteiger partial charge in [0.2, 0.25) is 0 Å². The highest BCUT2D eigenvalue weighted by Crippen LogP contribution is 2.44. The summed E-state index contributed by atoms with van der Waals surface area (Å²) in [7, 11) is 2.29. The third kappa shape index (κ3) is 1.57. The minimum atomic E-state index is 0.262. The molecule has 0 amide bonds. The van der Waals surface area contributed by atoms with Gasteiger partial charge in [-0.25, -0.2) is 0 Å². The minimum Gasteiger partial charge on any atom is -0.370 e. The molecule has 17 heavy (non-hydrogen) atoms. The summed E-state index contributed by atoms with van der Waals surface area (Å²) in [5.41, 5.74) is 6.34. The maximum Gasteiger partial charge on any atom is 0.191 e. The third-order valence-corrected chi connectivity index (χ3v) is 5.05. The zero-order valence-corrected chi connectivity index (χ0v) is 11.0. The van der Waals surface area contributed by atoms with Crippen LogP contribution in [0.4, 0.5) is 0 Å². The molecule has 2 saturated heterocycles. The maximum absolute atomic E-state index is 6.08. The molecule has 96 valence electrons. The summed E-state index contributed by atoms with van der Waals surface area (Å²) >= 11 is 0. The predicted molar refractivity (Wildman–Crippen MR) is 70.0 cm³/mol. The van der Waals surface area contributed by atoms with Crippen molar-refractivity contribution in [2.45, 2.75) is 56.7 Å². The molecule has 2 fully saturated rings. The summed E-state index contributed by atoms with van der Waals surface area (Å²) in [4.78, 5) is 9.53. The van der Waals surface area contributed by atoms with E-state index in [4.69, 9.17) is 5.73 Å². The lowest BCUT2D eigenvalue weighted by molar-refractivity contribution is 0.0501. The fraction of sp³-hybridized carbons (Fsp3) is 0.923. The summed E-state index contributed by atoms with van der Waals surface area (Å²) in [6.45, 7) is 4.22. The molecule has 0 aromatic rings. The van der Waals surface area contributed by atoms with Gasteiger partial charge < -0.3 is 15.5 Å². The normalized spacial score (nSPS) is 41.3. The summed E-state index contributed by atoms with van der Waals surface area (Å²) in [5.74, 6) is 0.788. The van der Waals surface area contributed by atoms with Crippen LogP contribution in [0.1, 0.15) is 39.0 Å². The topological polar surface area (TPSA) is 44.9 Å². The van der Waals surface area contributed by atoms with E-state index in [-0.39, 0.29) is 5.54 Å². The smallest absolute Gasteiger partial charge is 0.191 e. The highest BCUT2D eigenvalue weighted by Gasteiger charge is 2.52. The number of fused-ring (bicyclic) bond motifs is 2. The van der Waals surface area contributed by atoms with E-state index in [0.29, 0.717) is 0 Å². The SMILES string of the molecule is CCCN1C(N)=NCC12CC1CCC(C2)N1C. The number of nitrogens with zero attached hydrogens (tertiary/aromatic N) is 3. The second kappa shape index (κ2) is 3.87. The van der Waals surface area contributed by atoms with E-state index in [2.05, 4.69) is 28.8 Å². The van der Waals surface area contributed by atoms with Crippen LogP contribution in [-0.4, -0.2) is 53.5 Å². The summed E-state index contributed by atoms with van der Waals surface area (Å²) < 4.78 is 0. The van der Waals surface area contributed by atoms with Gasteiger partial charge in [-0.05, 0) is 39.2 Å². The van der Waals surface area contributed by atoms with Gasteiger partial charge in [-0.1, -0.05) is 6.92 Å². The van der Waals surface area contributed by atoms with Gasteiger partial charge in [0.05, 0.1) is 12.1 Å². The lowest BCUT2D eigenvalue weighted by Crippen LogP contribution is -2.59. The molecule has 0 radical (unpaired) electrons. The summed E-state index contributed by atoms with van der Waals surface area (Å²) in [5, 5.41) is 0. The van der Waals surface area contributed by atoms with E-state index in [1.54, 1.807) is 0 Å². The molecule has 0 aliphatic carbocycles. The number of nitrogens with two attached hydrogens (primary N) is 1. The predicted octanol–water partition coefficient (Wildman–Crippen LogP) is 1.02. The number of aliphatic imine (C=N–C) groups is 1. The average Bonchev–Trinajstić information content (AvgIpc) is 2.71. The van der Waals surface area contributed by atoms with Crippen LogP contribution in [0.3, 0.4) is 0 Å². The maximum atomic E-state index is 6.08. The molecule has 3 aliphatic rings. The second-order valence-electron chi connectivity index (χ2n) is 6.01. The summed E-state index contributed by atoms with van der Waals surface area (Å²) in [6, 6.07) is 1.52. The first-order valence-electron chi connectivity index (χ1n) is 6.96. The molecule has 3 heterocycles. The molecule has 1 spiro atoms. The standard InChI is InChI=1S/C13H24N4/c1-3-6-17-12(14)15-9-13(17)7-10-4-5-11(8-13)16(10)2/h10-11H,3-9H2,1-2H3,(H2,14,15). The minimum absolute atomic E-state index is 0.262. The molecular formula is C13H24N4. The first-order chi connectivity index (χ1) is 8.16. The Hall–Kier alpha value is -0.770. The number of piperidine rings is 1. The molecular weight excluding hydrogens is 212 g/mol. The van der Waals surface area contributed by atoms with Crippen molar-refractivity contribution in [2.24, 2.45) is 10.7 Å². The van der Waals surface area contributed by atoms with Crippen molar-refractivity contribution in [3.63, 3.8) is 0 Å². The van der Waals surface area contributed by atoms with Gasteiger partial charge in [0.25, 0.3) is 0 Å². The van der Waals surface area contributed by atoms with E-state index in [1.807, 2.05) is 0 Å². The Balaban J connectivity index is 1.83. The second-order valence-corrected chi connectivity index (χ2v) is 6.01. The molecule has 0 aromatic heterocycles. The quantitative estimate of drug-likeness (QED) is 0.778. The molecule has 4 heteroatoms. The Labute approximate surface area is 104 Å². The van der Waals surface area contributed by atoms with Crippen LogP contribution in [0, 0.1) is 0 Å². The van der Waals surface area contributed by atoms with Gasteiger partial charge in [0, 0.05) is 18.6 Å². The van der Waals surface area contributed by atoms with Gasteiger partial charge in [0.15, 0.2) is 5.96 Å². The van der Waals surface area contributed by atoms with Gasteiger partial charge >= 0.3 is 0 Å². The third-order valence-electron chi connectivity index (χ3n) is 5.05. The lowest BCUT2D eigenvalue weighted by atomic mass is 9.82. The van der Waals surface area contributed by atoms with Gasteiger partial charge in [0.1, 0.15) is 0 Å². The van der Waals surface area contributed by atoms with E-state index < -0.39 is 0 Å². The number of hydrogen-bond donors (Lipinski definition) is 1. The molecule has 2 unspecified atom stereocenters. The van der Waals surface area contributed by atoms with E-state index in [0.717, 1.165) is 37.6 Å². The molecule has 2 atom stereocenters. The van der Waals surface area contributed by atoms with E-state index >= 15 is 0 Å². The lowest BCUT2D eigenvalue weighted by Gasteiger charge is -2.48. The van der Waals surface area contributed by atoms with Crippen LogP contribution in [0.25, 0.3) is 0 Å². The van der Waals surface area contributed by atoms with Crippen LogP contribution in [0.5, 0.6) is 0 Å². The fourth-order valence-corrected chi connectivity index (χ4v) is 4.11. The Morgan fingerprint density at radius 3 is 2.59 bits per heavy atom. The van der Waals surface area contributed by atoms with Crippen LogP contribution in [0.15, 0.2) is 4.99 Å². The van der Waals surface area contributed by atoms with Crippen LogP contribution in [-0.2, 0) is 0 Å². The van der Waals surface area contributed by atoms with Crippen LogP contribution in [0.2, 0.25) is 0 Å². The van der Waals surface area contributed by atoms with Crippen LogP contribution >= 0.6 is 0 Å². The Morgan fingerprint density at radius 2 is 2.00 bits per heavy atom. The first-order valence-corrected chi connectivity index (χ1v) is 6.96. The number of guanidine groups is 1. The first kappa shape index (κ1) is 11.3. The molecule has 3 aliphatic heterocycles. The van der Waals surface area contributed by atoms with Crippen LogP contribution < -0.4 is 5.73 Å². The Morgan fingerprint density at radius 1 is 1.35 bits per heavy atom. The number of hydrogen-bond acceptors (Lipinski definition) is 4. The molecule has 4 nitrogen and oxygen atoms in total. The largest absolute Gasteiger partial charge is 0.370 e. The molecule has 3 rings (SSSR count). The van der Waals surface area contributed by atoms with Gasteiger partial charge in [-0.2, -0.15) is 0 Å². The van der Waals surface area contributed by atoms with E-state index in [1.165, 1.54) is 25.7 Å². The fourth-order valence-electron chi connectivity index (χ4n) is 4.11. The van der Waals surface area contributed by atoms with Gasteiger partial charge in [-0.15, -0.1) is 0 Å². The van der Waals surface area contributed by atoms with Crippen molar-refractivity contribution in [3.05, 3.63) is 0 Å². The van der Waals surface area contributed by atoms with Crippen molar-refractivity contribution < 1.29 is 0 Å². The van der Waals surface area contributed by atoms with E-state index in [9.17, 15) is 0 Å². The molecule has 2 bridgehead atoms. The summed E-state index contributed by atoms with van der Waals surface area (Å²) in [6.07, 6.45) is 6.39. The molecule has 0 aromatic carbocycles. The van der Waals surface area contributed by atoms with Crippen molar-refractivity contribution >= 4 is 5.96 Å². The number of rotatable bonds is 2. The Bertz CT molecular complexity index is 324. The van der Waals surface area contributed by atoms with Crippen molar-refractivity contribution in [1.82, 2.24) is 9.80 Å². The zero-order valence-electron chi connectivity index (χ0n) is 11.0. The average molecular weight is 236 g/mol. The van der Waals surface area contributed by atoms with Crippen molar-refractivity contribution in [1.29, 1.82) is 0 Å². The van der Waals surface area contributed by atoms with Gasteiger partial charge in [-0.3, -0.25) is 4.99 Å². The van der Waals surface area contributed by atoms with Crippen molar-refractivity contribution in [3.8, 4) is 0 Å². The highest BCUT2D eigenvalue weighted by atomic mass is 15.4. The monoisotopic (exact) mass is 236 g/mol. The molecule has 0 saturated carbocycles.